The van der Waals surface area contributed by atoms with Gasteiger partial charge in [-0.1, -0.05) is 0 Å². The second-order valence-electron chi connectivity index (χ2n) is 5.50. The quantitative estimate of drug-likeness (QED) is 0.425. The fourth-order valence-corrected chi connectivity index (χ4v) is 3.44. The molecule has 4 aromatic rings. The monoisotopic (exact) mass is 405 g/mol. The van der Waals surface area contributed by atoms with Crippen LogP contribution in [0.3, 0.4) is 0 Å². The summed E-state index contributed by atoms with van der Waals surface area (Å²) in [4.78, 5) is 26.6. The highest BCUT2D eigenvalue weighted by Gasteiger charge is 2.27. The van der Waals surface area contributed by atoms with Crippen LogP contribution in [0, 0.1) is 11.6 Å². The van der Waals surface area contributed by atoms with E-state index in [1.807, 2.05) is 4.72 Å². The van der Waals surface area contributed by atoms with Crippen molar-refractivity contribution in [1.82, 2.24) is 30.1 Å². The Labute approximate surface area is 155 Å². The van der Waals surface area contributed by atoms with Crippen LogP contribution in [0.15, 0.2) is 42.3 Å². The lowest BCUT2D eigenvalue weighted by Gasteiger charge is -2.10. The van der Waals surface area contributed by atoms with Crippen LogP contribution < -0.4 is 4.72 Å². The molecule has 10 nitrogen and oxygen atoms in total. The van der Waals surface area contributed by atoms with Gasteiger partial charge in [0.05, 0.1) is 16.8 Å². The van der Waals surface area contributed by atoms with Crippen molar-refractivity contribution >= 4 is 32.5 Å². The first-order valence-electron chi connectivity index (χ1n) is 7.56. The number of sulfonamides is 1. The van der Waals surface area contributed by atoms with Crippen LogP contribution in [0.1, 0.15) is 15.9 Å². The van der Waals surface area contributed by atoms with Crippen molar-refractivity contribution in [2.75, 3.05) is 4.72 Å². The van der Waals surface area contributed by atoms with Gasteiger partial charge < -0.3 is 4.98 Å². The molecule has 0 saturated carbocycles. The van der Waals surface area contributed by atoms with Crippen LogP contribution in [0.4, 0.5) is 14.5 Å². The van der Waals surface area contributed by atoms with E-state index in [4.69, 9.17) is 0 Å². The van der Waals surface area contributed by atoms with Crippen molar-refractivity contribution in [3.63, 3.8) is 0 Å². The SMILES string of the molecule is O=C(c1c(F)ccc(NS(=O)(=O)c2ncn[nH]2)c1F)c1c[nH]c2ncncc12. The van der Waals surface area contributed by atoms with Gasteiger partial charge in [0, 0.05) is 17.8 Å². The van der Waals surface area contributed by atoms with E-state index in [9.17, 15) is 22.0 Å². The number of halogens is 2. The Morgan fingerprint density at radius 1 is 1.14 bits per heavy atom. The van der Waals surface area contributed by atoms with Crippen LogP contribution in [0.2, 0.25) is 0 Å². The molecule has 0 amide bonds. The molecule has 0 aliphatic heterocycles. The van der Waals surface area contributed by atoms with Gasteiger partial charge in [-0.3, -0.25) is 9.52 Å². The molecule has 0 atom stereocenters. The van der Waals surface area contributed by atoms with Crippen molar-refractivity contribution in [3.05, 3.63) is 59.9 Å². The molecule has 0 aliphatic rings. The summed E-state index contributed by atoms with van der Waals surface area (Å²) in [5.41, 5.74) is -1.32. The first kappa shape index (κ1) is 17.7. The fourth-order valence-electron chi connectivity index (χ4n) is 2.54. The summed E-state index contributed by atoms with van der Waals surface area (Å²) >= 11 is 0. The van der Waals surface area contributed by atoms with E-state index >= 15 is 0 Å². The molecule has 0 aliphatic carbocycles. The van der Waals surface area contributed by atoms with Gasteiger partial charge in [-0.2, -0.15) is 13.5 Å². The maximum atomic E-state index is 14.9. The molecule has 142 valence electrons. The number of anilines is 1. The number of fused-ring (bicyclic) bond motifs is 1. The van der Waals surface area contributed by atoms with Gasteiger partial charge >= 0.3 is 0 Å². The Bertz CT molecular complexity index is 1300. The molecule has 3 N–H and O–H groups in total. The maximum absolute atomic E-state index is 14.9. The van der Waals surface area contributed by atoms with Gasteiger partial charge in [-0.05, 0) is 12.1 Å². The van der Waals surface area contributed by atoms with Crippen molar-refractivity contribution in [2.45, 2.75) is 5.16 Å². The number of rotatable bonds is 5. The number of aromatic nitrogens is 6. The average molecular weight is 405 g/mol. The zero-order valence-electron chi connectivity index (χ0n) is 13.6. The number of nitrogens with one attached hydrogen (secondary N) is 3. The van der Waals surface area contributed by atoms with E-state index in [-0.39, 0.29) is 10.9 Å². The van der Waals surface area contributed by atoms with Crippen molar-refractivity contribution < 1.29 is 22.0 Å². The minimum atomic E-state index is -4.32. The van der Waals surface area contributed by atoms with Crippen LogP contribution in [0.5, 0.6) is 0 Å². The lowest BCUT2D eigenvalue weighted by atomic mass is 10.0. The topological polar surface area (TPSA) is 146 Å². The number of hydrogen-bond acceptors (Lipinski definition) is 7. The Hall–Kier alpha value is -3.74. The molecular formula is C15H9F2N7O3S. The Kier molecular flexibility index (Phi) is 4.07. The van der Waals surface area contributed by atoms with Crippen LogP contribution in [-0.4, -0.2) is 44.3 Å². The van der Waals surface area contributed by atoms with Gasteiger partial charge in [0.25, 0.3) is 15.2 Å². The molecule has 0 bridgehead atoms. The summed E-state index contributed by atoms with van der Waals surface area (Å²) < 4.78 is 55.4. The zero-order chi connectivity index (χ0) is 19.9. The van der Waals surface area contributed by atoms with Crippen LogP contribution in [0.25, 0.3) is 11.0 Å². The van der Waals surface area contributed by atoms with E-state index < -0.39 is 43.8 Å². The van der Waals surface area contributed by atoms with E-state index in [2.05, 4.69) is 30.1 Å². The summed E-state index contributed by atoms with van der Waals surface area (Å²) in [6.45, 7) is 0. The molecule has 28 heavy (non-hydrogen) atoms. The Balaban J connectivity index is 1.78. The number of ketones is 1. The van der Waals surface area contributed by atoms with E-state index in [0.717, 1.165) is 18.5 Å². The first-order valence-corrected chi connectivity index (χ1v) is 9.05. The molecule has 0 radical (unpaired) electrons. The molecule has 0 fully saturated rings. The summed E-state index contributed by atoms with van der Waals surface area (Å²) in [7, 11) is -4.32. The second kappa shape index (κ2) is 6.45. The van der Waals surface area contributed by atoms with Gasteiger partial charge in [0.1, 0.15) is 24.1 Å². The van der Waals surface area contributed by atoms with Crippen LogP contribution >= 0.6 is 0 Å². The third-order valence-electron chi connectivity index (χ3n) is 3.81. The van der Waals surface area contributed by atoms with Crippen molar-refractivity contribution in [1.29, 1.82) is 0 Å². The van der Waals surface area contributed by atoms with Crippen molar-refractivity contribution in [3.8, 4) is 0 Å². The molecule has 4 rings (SSSR count). The predicted molar refractivity (Wildman–Crippen MR) is 90.9 cm³/mol. The molecule has 13 heteroatoms. The summed E-state index contributed by atoms with van der Waals surface area (Å²) in [5, 5.41) is 5.20. The van der Waals surface area contributed by atoms with Crippen molar-refractivity contribution in [2.24, 2.45) is 0 Å². The van der Waals surface area contributed by atoms with E-state index in [1.165, 1.54) is 18.7 Å². The van der Waals surface area contributed by atoms with Gasteiger partial charge in [0.15, 0.2) is 5.82 Å². The first-order chi connectivity index (χ1) is 13.4. The third kappa shape index (κ3) is 2.87. The molecule has 0 spiro atoms. The lowest BCUT2D eigenvalue weighted by Crippen LogP contribution is -2.17. The fraction of sp³-hybridized carbons (Fsp3) is 0. The number of H-pyrrole nitrogens is 2. The maximum Gasteiger partial charge on any atom is 0.297 e. The predicted octanol–water partition coefficient (Wildman–Crippen LogP) is 1.39. The van der Waals surface area contributed by atoms with Gasteiger partial charge in [-0.25, -0.2) is 28.8 Å². The minimum Gasteiger partial charge on any atom is -0.345 e. The smallest absolute Gasteiger partial charge is 0.297 e. The zero-order valence-corrected chi connectivity index (χ0v) is 14.5. The molecule has 0 saturated heterocycles. The van der Waals surface area contributed by atoms with Gasteiger partial charge in [0.2, 0.25) is 5.78 Å². The Morgan fingerprint density at radius 2 is 1.96 bits per heavy atom. The molecule has 3 heterocycles. The number of carbonyl (C=O) groups excluding carboxylic acids is 1. The summed E-state index contributed by atoms with van der Waals surface area (Å²) in [6, 6.07) is 1.63. The lowest BCUT2D eigenvalue weighted by molar-refractivity contribution is 0.103. The number of aromatic amines is 2. The molecule has 1 aromatic carbocycles. The number of hydrogen-bond donors (Lipinski definition) is 3. The largest absolute Gasteiger partial charge is 0.345 e. The number of nitrogens with zero attached hydrogens (tertiary/aromatic N) is 4. The minimum absolute atomic E-state index is 0.0661. The highest BCUT2D eigenvalue weighted by molar-refractivity contribution is 7.92. The molecule has 3 aromatic heterocycles. The molecular weight excluding hydrogens is 396 g/mol. The third-order valence-corrected chi connectivity index (χ3v) is 5.00. The second-order valence-corrected chi connectivity index (χ2v) is 7.09. The normalized spacial score (nSPS) is 11.6. The van der Waals surface area contributed by atoms with E-state index in [0.29, 0.717) is 5.65 Å². The Morgan fingerprint density at radius 3 is 2.71 bits per heavy atom. The summed E-state index contributed by atoms with van der Waals surface area (Å²) in [5.74, 6) is -3.53. The molecule has 0 unspecified atom stereocenters. The average Bonchev–Trinajstić information content (AvgIpc) is 3.34. The number of benzene rings is 1. The van der Waals surface area contributed by atoms with Gasteiger partial charge in [-0.15, -0.1) is 0 Å². The van der Waals surface area contributed by atoms with E-state index in [1.54, 1.807) is 0 Å². The van der Waals surface area contributed by atoms with Crippen LogP contribution in [-0.2, 0) is 10.0 Å². The highest BCUT2D eigenvalue weighted by Crippen LogP contribution is 2.27. The highest BCUT2D eigenvalue weighted by atomic mass is 32.2. The summed E-state index contributed by atoms with van der Waals surface area (Å²) in [6.07, 6.45) is 4.75. The standard InChI is InChI=1S/C15H9F2N7O3S/c16-9-1-2-10(24-28(26,27)15-21-6-22-23-15)12(17)11(9)13(25)7-4-19-14-8(7)3-18-5-20-14/h1-6,24H,(H,18,19,20)(H,21,22,23). The number of carbonyl (C=O) groups is 1.